The fourth-order valence-corrected chi connectivity index (χ4v) is 3.74. The summed E-state index contributed by atoms with van der Waals surface area (Å²) in [5.41, 5.74) is 2.13. The lowest BCUT2D eigenvalue weighted by atomic mass is 10.2. The van der Waals surface area contributed by atoms with Gasteiger partial charge >= 0.3 is 0 Å². The van der Waals surface area contributed by atoms with Crippen molar-refractivity contribution in [3.8, 4) is 0 Å². The van der Waals surface area contributed by atoms with Gasteiger partial charge in [-0.25, -0.2) is 4.98 Å². The zero-order valence-electron chi connectivity index (χ0n) is 14.9. The monoisotopic (exact) mass is 414 g/mol. The van der Waals surface area contributed by atoms with Crippen LogP contribution >= 0.6 is 35.3 Å². The van der Waals surface area contributed by atoms with Crippen LogP contribution in [0.1, 0.15) is 21.8 Å². The number of aromatic nitrogens is 2. The molecule has 0 aliphatic heterocycles. The van der Waals surface area contributed by atoms with Crippen LogP contribution in [-0.4, -0.2) is 48.1 Å². The average Bonchev–Trinajstić information content (AvgIpc) is 3.18. The summed E-state index contributed by atoms with van der Waals surface area (Å²) >= 11 is 7.72. The molecule has 0 fully saturated rings. The summed E-state index contributed by atoms with van der Waals surface area (Å²) in [6.07, 6.45) is 0. The minimum Gasteiger partial charge on any atom is -0.361 e. The Morgan fingerprint density at radius 3 is 2.58 bits per heavy atom. The molecule has 0 unspecified atom stereocenters. The largest absolute Gasteiger partial charge is 0.361 e. The van der Waals surface area contributed by atoms with Crippen molar-refractivity contribution in [2.45, 2.75) is 13.8 Å². The lowest BCUT2D eigenvalue weighted by molar-refractivity contribution is 0.0976. The van der Waals surface area contributed by atoms with Crippen molar-refractivity contribution in [2.24, 2.45) is 0 Å². The number of likely N-dealkylation sites (N-methyl/N-ethyl adjacent to an activating group) is 1. The minimum absolute atomic E-state index is 0. The van der Waals surface area contributed by atoms with Gasteiger partial charge in [-0.3, -0.25) is 9.69 Å². The van der Waals surface area contributed by atoms with Gasteiger partial charge in [0, 0.05) is 19.2 Å². The zero-order valence-corrected chi connectivity index (χ0v) is 17.3. The molecule has 3 aromatic rings. The molecule has 6 nitrogen and oxygen atoms in total. The van der Waals surface area contributed by atoms with Crippen molar-refractivity contribution in [3.63, 3.8) is 0 Å². The van der Waals surface area contributed by atoms with Gasteiger partial charge in [-0.05, 0) is 39.6 Å². The lowest BCUT2D eigenvalue weighted by Gasteiger charge is -2.20. The van der Waals surface area contributed by atoms with Crippen LogP contribution in [0.4, 0.5) is 5.13 Å². The Bertz CT molecular complexity index is 884. The number of halogens is 2. The van der Waals surface area contributed by atoms with E-state index in [-0.39, 0.29) is 24.0 Å². The summed E-state index contributed by atoms with van der Waals surface area (Å²) in [5, 5.41) is 5.10. The molecule has 140 valence electrons. The van der Waals surface area contributed by atoms with Gasteiger partial charge in [0.25, 0.3) is 5.91 Å². The van der Waals surface area contributed by atoms with E-state index in [1.807, 2.05) is 38.1 Å². The molecule has 3 rings (SSSR count). The Kier molecular flexibility index (Phi) is 6.63. The van der Waals surface area contributed by atoms with Crippen LogP contribution in [0, 0.1) is 13.8 Å². The Balaban J connectivity index is 0.00000243. The Morgan fingerprint density at radius 2 is 2.00 bits per heavy atom. The molecular weight excluding hydrogens is 395 g/mol. The van der Waals surface area contributed by atoms with Crippen LogP contribution in [0.15, 0.2) is 22.7 Å². The van der Waals surface area contributed by atoms with Gasteiger partial charge in [0.15, 0.2) is 10.8 Å². The van der Waals surface area contributed by atoms with Gasteiger partial charge in [-0.1, -0.05) is 34.2 Å². The molecular formula is C17H20Cl2N4O2S. The molecule has 0 saturated heterocycles. The van der Waals surface area contributed by atoms with Crippen LogP contribution in [-0.2, 0) is 0 Å². The second kappa shape index (κ2) is 8.35. The fraction of sp³-hybridized carbons (Fsp3) is 0.353. The molecule has 0 radical (unpaired) electrons. The highest BCUT2D eigenvalue weighted by atomic mass is 35.5. The summed E-state index contributed by atoms with van der Waals surface area (Å²) in [6, 6.07) is 5.42. The summed E-state index contributed by atoms with van der Waals surface area (Å²) in [6.45, 7) is 4.93. The quantitative estimate of drug-likeness (QED) is 0.626. The zero-order chi connectivity index (χ0) is 18.1. The highest BCUT2D eigenvalue weighted by Crippen LogP contribution is 2.36. The molecule has 1 aromatic carbocycles. The smallest absolute Gasteiger partial charge is 0.282 e. The van der Waals surface area contributed by atoms with E-state index in [9.17, 15) is 4.79 Å². The van der Waals surface area contributed by atoms with E-state index in [0.717, 1.165) is 15.8 Å². The van der Waals surface area contributed by atoms with Crippen molar-refractivity contribution in [2.75, 3.05) is 32.1 Å². The van der Waals surface area contributed by atoms with Crippen LogP contribution < -0.4 is 4.90 Å². The van der Waals surface area contributed by atoms with Gasteiger partial charge in [-0.2, -0.15) is 0 Å². The molecule has 2 heterocycles. The third-order valence-corrected chi connectivity index (χ3v) is 5.32. The van der Waals surface area contributed by atoms with E-state index in [0.29, 0.717) is 29.0 Å². The molecule has 0 saturated carbocycles. The maximum Gasteiger partial charge on any atom is 0.282 e. The topological polar surface area (TPSA) is 62.5 Å². The normalized spacial score (nSPS) is 11.0. The third kappa shape index (κ3) is 4.17. The van der Waals surface area contributed by atoms with E-state index in [2.05, 4.69) is 10.1 Å². The average molecular weight is 415 g/mol. The van der Waals surface area contributed by atoms with Crippen LogP contribution in [0.5, 0.6) is 0 Å². The first kappa shape index (κ1) is 20.6. The number of amides is 1. The lowest BCUT2D eigenvalue weighted by Crippen LogP contribution is -2.36. The fourth-order valence-electron chi connectivity index (χ4n) is 2.40. The first-order valence-corrected chi connectivity index (χ1v) is 9.02. The Morgan fingerprint density at radius 1 is 1.27 bits per heavy atom. The van der Waals surface area contributed by atoms with E-state index in [1.54, 1.807) is 17.9 Å². The molecule has 2 aromatic heterocycles. The Hall–Kier alpha value is -1.67. The summed E-state index contributed by atoms with van der Waals surface area (Å²) in [4.78, 5) is 21.3. The van der Waals surface area contributed by atoms with E-state index in [4.69, 9.17) is 16.1 Å². The van der Waals surface area contributed by atoms with Crippen LogP contribution in [0.3, 0.4) is 0 Å². The van der Waals surface area contributed by atoms with Gasteiger partial charge in [0.2, 0.25) is 0 Å². The minimum atomic E-state index is -0.230. The number of carbonyl (C=O) groups excluding carboxylic acids is 1. The van der Waals surface area contributed by atoms with Gasteiger partial charge in [0.1, 0.15) is 5.76 Å². The summed E-state index contributed by atoms with van der Waals surface area (Å²) in [7, 11) is 3.92. The van der Waals surface area contributed by atoms with Gasteiger partial charge in [0.05, 0.1) is 15.2 Å². The maximum absolute atomic E-state index is 12.9. The molecule has 0 N–H and O–H groups in total. The van der Waals surface area contributed by atoms with Gasteiger partial charge in [-0.15, -0.1) is 12.4 Å². The van der Waals surface area contributed by atoms with Crippen LogP contribution in [0.2, 0.25) is 5.02 Å². The van der Waals surface area contributed by atoms with Crippen molar-refractivity contribution < 1.29 is 9.32 Å². The number of thiazole rings is 1. The number of hydrogen-bond donors (Lipinski definition) is 0. The second-order valence-corrected chi connectivity index (χ2v) is 7.51. The highest BCUT2D eigenvalue weighted by Gasteiger charge is 2.24. The predicted molar refractivity (Wildman–Crippen MR) is 108 cm³/mol. The van der Waals surface area contributed by atoms with Crippen LogP contribution in [0.25, 0.3) is 10.2 Å². The third-order valence-electron chi connectivity index (χ3n) is 3.78. The number of fused-ring (bicyclic) bond motifs is 1. The number of hydrogen-bond acceptors (Lipinski definition) is 6. The number of anilines is 1. The van der Waals surface area contributed by atoms with Crippen molar-refractivity contribution >= 4 is 56.6 Å². The van der Waals surface area contributed by atoms with Crippen molar-refractivity contribution in [1.82, 2.24) is 15.0 Å². The first-order chi connectivity index (χ1) is 11.9. The molecule has 0 atom stereocenters. The highest BCUT2D eigenvalue weighted by molar-refractivity contribution is 7.23. The second-order valence-electron chi connectivity index (χ2n) is 6.12. The molecule has 0 bridgehead atoms. The molecule has 9 heteroatoms. The number of benzene rings is 1. The molecule has 0 spiro atoms. The van der Waals surface area contributed by atoms with Gasteiger partial charge < -0.3 is 9.42 Å². The molecule has 0 aliphatic carbocycles. The first-order valence-electron chi connectivity index (χ1n) is 7.82. The van der Waals surface area contributed by atoms with E-state index >= 15 is 0 Å². The number of nitrogens with zero attached hydrogens (tertiary/aromatic N) is 4. The van der Waals surface area contributed by atoms with E-state index in [1.165, 1.54) is 11.3 Å². The standard InChI is InChI=1S/C17H19ClN4O2S.ClH/c1-10-5-6-12(18)15-14(10)19-17(25-15)22(8-7-21(3)4)16(23)13-9-11(2)24-20-13;/h5-6,9H,7-8H2,1-4H3;1H. The number of carbonyl (C=O) groups is 1. The maximum atomic E-state index is 12.9. The predicted octanol–water partition coefficient (Wildman–Crippen LogP) is 4.18. The number of aryl methyl sites for hydroxylation is 2. The Labute approximate surface area is 167 Å². The van der Waals surface area contributed by atoms with Crippen molar-refractivity contribution in [1.29, 1.82) is 0 Å². The number of rotatable bonds is 5. The SMILES string of the molecule is Cc1cc(C(=O)N(CCN(C)C)c2nc3c(C)ccc(Cl)c3s2)no1.Cl. The summed E-state index contributed by atoms with van der Waals surface area (Å²) in [5.74, 6) is 0.366. The molecule has 0 aliphatic rings. The summed E-state index contributed by atoms with van der Waals surface area (Å²) < 4.78 is 5.93. The van der Waals surface area contributed by atoms with E-state index < -0.39 is 0 Å². The molecule has 1 amide bonds. The van der Waals surface area contributed by atoms with Crippen molar-refractivity contribution in [3.05, 3.63) is 40.2 Å². The molecule has 26 heavy (non-hydrogen) atoms.